The zero-order valence-electron chi connectivity index (χ0n) is 14.0. The lowest BCUT2D eigenvalue weighted by atomic mass is 10.1. The van der Waals surface area contributed by atoms with Crippen LogP contribution in [0.3, 0.4) is 0 Å². The minimum Gasteiger partial charge on any atom is -0.448 e. The van der Waals surface area contributed by atoms with Crippen LogP contribution in [0.4, 0.5) is 14.5 Å². The fourth-order valence-electron chi connectivity index (χ4n) is 2.51. The fraction of sp³-hybridized carbons (Fsp3) is 0.158. The second-order valence-corrected chi connectivity index (χ2v) is 6.74. The van der Waals surface area contributed by atoms with Crippen molar-refractivity contribution < 1.29 is 23.1 Å². The molecule has 3 rings (SSSR count). The Labute approximate surface area is 152 Å². The predicted octanol–water partition coefficient (Wildman–Crippen LogP) is 4.67. The van der Waals surface area contributed by atoms with Crippen LogP contribution in [0.2, 0.25) is 0 Å². The molecule has 2 aromatic carbocycles. The number of amides is 1. The van der Waals surface area contributed by atoms with Gasteiger partial charge in [-0.3, -0.25) is 4.79 Å². The van der Waals surface area contributed by atoms with E-state index in [-0.39, 0.29) is 10.6 Å². The van der Waals surface area contributed by atoms with Crippen molar-refractivity contribution in [1.29, 1.82) is 0 Å². The molecule has 134 valence electrons. The van der Waals surface area contributed by atoms with E-state index in [9.17, 15) is 18.4 Å². The van der Waals surface area contributed by atoms with Crippen LogP contribution in [0.15, 0.2) is 42.5 Å². The molecule has 0 fully saturated rings. The Hall–Kier alpha value is -2.80. The number of halogens is 2. The van der Waals surface area contributed by atoms with E-state index in [0.29, 0.717) is 15.6 Å². The van der Waals surface area contributed by atoms with E-state index < -0.39 is 29.6 Å². The monoisotopic (exact) mass is 375 g/mol. The van der Waals surface area contributed by atoms with Gasteiger partial charge in [-0.05, 0) is 43.7 Å². The van der Waals surface area contributed by atoms with Gasteiger partial charge in [0.1, 0.15) is 16.5 Å². The largest absolute Gasteiger partial charge is 0.448 e. The molecule has 0 unspecified atom stereocenters. The summed E-state index contributed by atoms with van der Waals surface area (Å²) in [5.74, 6) is -2.39. The number of fused-ring (bicyclic) bond motifs is 1. The number of hydrogen-bond acceptors (Lipinski definition) is 4. The highest BCUT2D eigenvalue weighted by Crippen LogP contribution is 2.33. The number of thiophene rings is 1. The number of esters is 1. The summed E-state index contributed by atoms with van der Waals surface area (Å²) in [6, 6.07) is 10.3. The molecule has 0 aliphatic carbocycles. The summed E-state index contributed by atoms with van der Waals surface area (Å²) < 4.78 is 33.3. The van der Waals surface area contributed by atoms with E-state index in [2.05, 4.69) is 5.32 Å². The number of para-hydroxylation sites is 1. The molecule has 0 bridgehead atoms. The Morgan fingerprint density at radius 3 is 2.46 bits per heavy atom. The lowest BCUT2D eigenvalue weighted by molar-refractivity contribution is -0.123. The van der Waals surface area contributed by atoms with Gasteiger partial charge in [0, 0.05) is 10.1 Å². The number of benzene rings is 2. The van der Waals surface area contributed by atoms with Gasteiger partial charge in [0.05, 0.1) is 5.69 Å². The summed E-state index contributed by atoms with van der Waals surface area (Å²) in [5, 5.41) is 2.74. The van der Waals surface area contributed by atoms with E-state index in [0.717, 1.165) is 11.3 Å². The molecule has 1 amide bonds. The van der Waals surface area contributed by atoms with Crippen molar-refractivity contribution in [2.75, 3.05) is 5.32 Å². The first kappa shape index (κ1) is 18.0. The van der Waals surface area contributed by atoms with Crippen molar-refractivity contribution in [3.05, 3.63) is 64.5 Å². The summed E-state index contributed by atoms with van der Waals surface area (Å²) >= 11 is 1.10. The van der Waals surface area contributed by atoms with E-state index >= 15 is 0 Å². The van der Waals surface area contributed by atoms with Gasteiger partial charge in [0.25, 0.3) is 5.91 Å². The molecule has 1 heterocycles. The van der Waals surface area contributed by atoms with Gasteiger partial charge in [0.15, 0.2) is 6.10 Å². The molecule has 0 saturated heterocycles. The Morgan fingerprint density at radius 1 is 1.08 bits per heavy atom. The number of anilines is 1. The first-order valence-corrected chi connectivity index (χ1v) is 8.64. The summed E-state index contributed by atoms with van der Waals surface area (Å²) in [5.41, 5.74) is 0.468. The highest BCUT2D eigenvalue weighted by Gasteiger charge is 2.24. The molecule has 0 aliphatic heterocycles. The van der Waals surface area contributed by atoms with Crippen molar-refractivity contribution in [2.45, 2.75) is 20.0 Å². The maximum Gasteiger partial charge on any atom is 0.349 e. The molecular weight excluding hydrogens is 360 g/mol. The standard InChI is InChI=1S/C19H15F2NO3S/c1-10-16-13(21)7-5-9-15(16)26-17(10)19(24)25-11(2)18(23)22-14-8-4-3-6-12(14)20/h3-9,11H,1-2H3,(H,22,23)/t11-/m0/s1. The smallest absolute Gasteiger partial charge is 0.349 e. The third-order valence-electron chi connectivity index (χ3n) is 3.87. The number of nitrogens with one attached hydrogen (secondary N) is 1. The minimum absolute atomic E-state index is 0.000475. The number of carbonyl (C=O) groups is 2. The lowest BCUT2D eigenvalue weighted by Gasteiger charge is -2.13. The highest BCUT2D eigenvalue weighted by atomic mass is 32.1. The Balaban J connectivity index is 1.75. The van der Waals surface area contributed by atoms with Gasteiger partial charge < -0.3 is 10.1 Å². The number of carbonyl (C=O) groups excluding carboxylic acids is 2. The maximum absolute atomic E-state index is 13.9. The van der Waals surface area contributed by atoms with Crippen molar-refractivity contribution in [2.24, 2.45) is 0 Å². The second kappa shape index (κ2) is 7.21. The van der Waals surface area contributed by atoms with Crippen LogP contribution < -0.4 is 5.32 Å². The number of hydrogen-bond donors (Lipinski definition) is 1. The fourth-order valence-corrected chi connectivity index (χ4v) is 3.62. The van der Waals surface area contributed by atoms with Crippen LogP contribution in [0.5, 0.6) is 0 Å². The van der Waals surface area contributed by atoms with Crippen molar-refractivity contribution in [3.8, 4) is 0 Å². The van der Waals surface area contributed by atoms with E-state index in [1.165, 1.54) is 31.2 Å². The van der Waals surface area contributed by atoms with Gasteiger partial charge in [-0.15, -0.1) is 11.3 Å². The van der Waals surface area contributed by atoms with E-state index in [1.807, 2.05) is 0 Å². The Morgan fingerprint density at radius 2 is 1.77 bits per heavy atom. The maximum atomic E-state index is 13.9. The number of ether oxygens (including phenoxy) is 1. The van der Waals surface area contributed by atoms with Gasteiger partial charge >= 0.3 is 5.97 Å². The number of aryl methyl sites for hydroxylation is 1. The van der Waals surface area contributed by atoms with E-state index in [4.69, 9.17) is 4.74 Å². The normalized spacial score (nSPS) is 12.0. The van der Waals surface area contributed by atoms with Crippen molar-refractivity contribution in [3.63, 3.8) is 0 Å². The topological polar surface area (TPSA) is 55.4 Å². The molecule has 0 spiro atoms. The average Bonchev–Trinajstić information content (AvgIpc) is 2.95. The molecule has 0 saturated carbocycles. The molecular formula is C19H15F2NO3S. The van der Waals surface area contributed by atoms with Gasteiger partial charge in [-0.25, -0.2) is 13.6 Å². The highest BCUT2D eigenvalue weighted by molar-refractivity contribution is 7.21. The van der Waals surface area contributed by atoms with Gasteiger partial charge in [0.2, 0.25) is 0 Å². The van der Waals surface area contributed by atoms with Crippen molar-refractivity contribution in [1.82, 2.24) is 0 Å². The molecule has 1 aromatic heterocycles. The molecule has 7 heteroatoms. The SMILES string of the molecule is Cc1c(C(=O)O[C@@H](C)C(=O)Nc2ccccc2F)sc2cccc(F)c12. The Kier molecular flexibility index (Phi) is 4.99. The van der Waals surface area contributed by atoms with E-state index in [1.54, 1.807) is 25.1 Å². The summed E-state index contributed by atoms with van der Waals surface area (Å²) in [7, 11) is 0. The second-order valence-electron chi connectivity index (χ2n) is 5.69. The van der Waals surface area contributed by atoms with Crippen LogP contribution >= 0.6 is 11.3 Å². The Bertz CT molecular complexity index is 1000. The zero-order valence-corrected chi connectivity index (χ0v) is 14.8. The third kappa shape index (κ3) is 3.43. The van der Waals surface area contributed by atoms with Crippen LogP contribution in [-0.4, -0.2) is 18.0 Å². The van der Waals surface area contributed by atoms with Crippen molar-refractivity contribution >= 4 is 39.0 Å². The molecule has 26 heavy (non-hydrogen) atoms. The number of rotatable bonds is 4. The zero-order chi connectivity index (χ0) is 18.8. The molecule has 0 aliphatic rings. The van der Waals surface area contributed by atoms with Crippen LogP contribution in [0.1, 0.15) is 22.2 Å². The lowest BCUT2D eigenvalue weighted by Crippen LogP contribution is -2.30. The molecule has 1 atom stereocenters. The van der Waals surface area contributed by atoms with Gasteiger partial charge in [-0.2, -0.15) is 0 Å². The first-order chi connectivity index (χ1) is 12.4. The quantitative estimate of drug-likeness (QED) is 0.674. The molecule has 3 aromatic rings. The third-order valence-corrected chi connectivity index (χ3v) is 5.11. The molecule has 0 radical (unpaired) electrons. The average molecular weight is 375 g/mol. The van der Waals surface area contributed by atoms with Crippen LogP contribution in [0.25, 0.3) is 10.1 Å². The summed E-state index contributed by atoms with van der Waals surface area (Å²) in [6.45, 7) is 3.01. The minimum atomic E-state index is -1.14. The summed E-state index contributed by atoms with van der Waals surface area (Å²) in [4.78, 5) is 24.8. The summed E-state index contributed by atoms with van der Waals surface area (Å²) in [6.07, 6.45) is -1.14. The van der Waals surface area contributed by atoms with Crippen LogP contribution in [0, 0.1) is 18.6 Å². The molecule has 4 nitrogen and oxygen atoms in total. The molecule has 1 N–H and O–H groups in total. The van der Waals surface area contributed by atoms with Crippen LogP contribution in [-0.2, 0) is 9.53 Å². The predicted molar refractivity (Wildman–Crippen MR) is 96.4 cm³/mol. The van der Waals surface area contributed by atoms with Gasteiger partial charge in [-0.1, -0.05) is 18.2 Å². The first-order valence-electron chi connectivity index (χ1n) is 7.82.